The van der Waals surface area contributed by atoms with Gasteiger partial charge in [-0.3, -0.25) is 14.4 Å². The van der Waals surface area contributed by atoms with E-state index in [1.54, 1.807) is 0 Å². The second-order valence-corrected chi connectivity index (χ2v) is 5.19. The van der Waals surface area contributed by atoms with Crippen LogP contribution in [-0.4, -0.2) is 42.3 Å². The van der Waals surface area contributed by atoms with Crippen LogP contribution in [-0.2, 0) is 20.9 Å². The Kier molecular flexibility index (Phi) is 7.67. The van der Waals surface area contributed by atoms with Gasteiger partial charge in [-0.25, -0.2) is 0 Å². The molecule has 0 aliphatic heterocycles. The van der Waals surface area contributed by atoms with Crippen LogP contribution in [0.4, 0.5) is 0 Å². The molecule has 0 spiro atoms. The van der Waals surface area contributed by atoms with Crippen molar-refractivity contribution in [2.45, 2.75) is 32.9 Å². The van der Waals surface area contributed by atoms with Gasteiger partial charge in [0.1, 0.15) is 0 Å². The average Bonchev–Trinajstić information content (AvgIpc) is 2.52. The summed E-state index contributed by atoms with van der Waals surface area (Å²) in [5.74, 6) is -1.15. The van der Waals surface area contributed by atoms with Crippen LogP contribution in [0.15, 0.2) is 30.3 Å². The average molecular weight is 305 g/mol. The van der Waals surface area contributed by atoms with Crippen LogP contribution in [0.5, 0.6) is 0 Å². The van der Waals surface area contributed by atoms with Crippen molar-refractivity contribution in [1.29, 1.82) is 0 Å². The van der Waals surface area contributed by atoms with E-state index in [1.807, 2.05) is 44.2 Å². The first-order chi connectivity index (χ1) is 10.6. The lowest BCUT2D eigenvalue weighted by atomic mass is 10.2. The zero-order valence-corrected chi connectivity index (χ0v) is 13.0. The molecule has 1 aromatic carbocycles. The molecule has 3 amide bonds. The Labute approximate surface area is 130 Å². The molecule has 0 unspecified atom stereocenters. The van der Waals surface area contributed by atoms with Crippen LogP contribution in [0, 0.1) is 0 Å². The molecule has 0 bridgehead atoms. The molecular formula is C16H23N3O3. The number of benzene rings is 1. The molecule has 2 N–H and O–H groups in total. The smallest absolute Gasteiger partial charge is 0.312 e. The van der Waals surface area contributed by atoms with E-state index >= 15 is 0 Å². The monoisotopic (exact) mass is 305 g/mol. The summed E-state index contributed by atoms with van der Waals surface area (Å²) in [4.78, 5) is 35.8. The second kappa shape index (κ2) is 9.55. The van der Waals surface area contributed by atoms with Crippen molar-refractivity contribution < 1.29 is 14.4 Å². The summed E-state index contributed by atoms with van der Waals surface area (Å²) >= 11 is 0. The van der Waals surface area contributed by atoms with Gasteiger partial charge < -0.3 is 15.5 Å². The Morgan fingerprint density at radius 3 is 2.45 bits per heavy atom. The highest BCUT2D eigenvalue weighted by Crippen LogP contribution is 2.08. The maximum absolute atomic E-state index is 12.3. The molecule has 0 heterocycles. The van der Waals surface area contributed by atoms with Crippen LogP contribution in [0.2, 0.25) is 0 Å². The Hall–Kier alpha value is -2.37. The van der Waals surface area contributed by atoms with Gasteiger partial charge in [0.05, 0.1) is 0 Å². The molecular weight excluding hydrogens is 282 g/mol. The summed E-state index contributed by atoms with van der Waals surface area (Å²) in [6, 6.07) is 9.48. The van der Waals surface area contributed by atoms with Crippen LogP contribution in [0.1, 0.15) is 25.8 Å². The van der Waals surface area contributed by atoms with Gasteiger partial charge in [-0.2, -0.15) is 0 Å². The third-order valence-corrected chi connectivity index (χ3v) is 3.14. The van der Waals surface area contributed by atoms with Crippen molar-refractivity contribution in [3.63, 3.8) is 0 Å². The number of carbonyl (C=O) groups excluding carboxylic acids is 3. The fourth-order valence-electron chi connectivity index (χ4n) is 1.93. The van der Waals surface area contributed by atoms with Crippen LogP contribution in [0.3, 0.4) is 0 Å². The highest BCUT2D eigenvalue weighted by molar-refractivity contribution is 6.35. The number of nitrogens with one attached hydrogen (secondary N) is 2. The molecule has 0 radical (unpaired) electrons. The molecule has 0 aliphatic rings. The third-order valence-electron chi connectivity index (χ3n) is 3.14. The highest BCUT2D eigenvalue weighted by atomic mass is 16.2. The predicted octanol–water partition coefficient (Wildman–Crippen LogP) is 0.676. The lowest BCUT2D eigenvalue weighted by Crippen LogP contribution is -2.46. The second-order valence-electron chi connectivity index (χ2n) is 5.19. The van der Waals surface area contributed by atoms with Gasteiger partial charge in [-0.15, -0.1) is 0 Å². The van der Waals surface area contributed by atoms with E-state index < -0.39 is 11.8 Å². The largest absolute Gasteiger partial charge is 0.359 e. The molecule has 6 heteroatoms. The first kappa shape index (κ1) is 17.7. The summed E-state index contributed by atoms with van der Waals surface area (Å²) in [5, 5.41) is 5.07. The maximum atomic E-state index is 12.3. The molecule has 0 fully saturated rings. The molecule has 0 saturated heterocycles. The van der Waals surface area contributed by atoms with Crippen molar-refractivity contribution >= 4 is 18.2 Å². The SMILES string of the molecule is CC(C)N(Cc1ccccc1)C(=O)C(=O)NCCCNC=O. The van der Waals surface area contributed by atoms with E-state index in [9.17, 15) is 14.4 Å². The van der Waals surface area contributed by atoms with Crippen molar-refractivity contribution in [1.82, 2.24) is 15.5 Å². The lowest BCUT2D eigenvalue weighted by Gasteiger charge is -2.26. The molecule has 0 aliphatic carbocycles. The molecule has 120 valence electrons. The van der Waals surface area contributed by atoms with Gasteiger partial charge in [0.15, 0.2) is 0 Å². The van der Waals surface area contributed by atoms with E-state index in [0.717, 1.165) is 5.56 Å². The van der Waals surface area contributed by atoms with Crippen LogP contribution >= 0.6 is 0 Å². The van der Waals surface area contributed by atoms with Crippen molar-refractivity contribution in [3.8, 4) is 0 Å². The summed E-state index contributed by atoms with van der Waals surface area (Å²) < 4.78 is 0. The Morgan fingerprint density at radius 1 is 1.18 bits per heavy atom. The number of hydrogen-bond acceptors (Lipinski definition) is 3. The topological polar surface area (TPSA) is 78.5 Å². The Balaban J connectivity index is 2.53. The molecule has 22 heavy (non-hydrogen) atoms. The van der Waals surface area contributed by atoms with E-state index in [1.165, 1.54) is 4.90 Å². The van der Waals surface area contributed by atoms with Crippen molar-refractivity contribution in [2.24, 2.45) is 0 Å². The van der Waals surface area contributed by atoms with Crippen molar-refractivity contribution in [2.75, 3.05) is 13.1 Å². The van der Waals surface area contributed by atoms with E-state index in [2.05, 4.69) is 10.6 Å². The first-order valence-corrected chi connectivity index (χ1v) is 7.36. The zero-order valence-electron chi connectivity index (χ0n) is 13.0. The summed E-state index contributed by atoms with van der Waals surface area (Å²) in [6.45, 7) is 4.97. The van der Waals surface area contributed by atoms with Crippen molar-refractivity contribution in [3.05, 3.63) is 35.9 Å². The number of nitrogens with zero attached hydrogens (tertiary/aromatic N) is 1. The maximum Gasteiger partial charge on any atom is 0.312 e. The number of hydrogen-bond donors (Lipinski definition) is 2. The third kappa shape index (κ3) is 5.95. The number of rotatable bonds is 8. The first-order valence-electron chi connectivity index (χ1n) is 7.36. The number of carbonyl (C=O) groups is 3. The van der Waals surface area contributed by atoms with Gasteiger partial charge in [0.25, 0.3) is 0 Å². The fraction of sp³-hybridized carbons (Fsp3) is 0.438. The van der Waals surface area contributed by atoms with Gasteiger partial charge in [0, 0.05) is 25.7 Å². The standard InChI is InChI=1S/C16H23N3O3/c1-13(2)19(11-14-7-4-3-5-8-14)16(22)15(21)18-10-6-9-17-12-20/h3-5,7-8,12-13H,6,9-11H2,1-2H3,(H,17,20)(H,18,21). The summed E-state index contributed by atoms with van der Waals surface area (Å²) in [7, 11) is 0. The van der Waals surface area contributed by atoms with Gasteiger partial charge >= 0.3 is 11.8 Å². The van der Waals surface area contributed by atoms with Gasteiger partial charge in [0.2, 0.25) is 6.41 Å². The Morgan fingerprint density at radius 2 is 1.86 bits per heavy atom. The molecule has 0 atom stereocenters. The summed E-state index contributed by atoms with van der Waals surface area (Å²) in [6.07, 6.45) is 1.19. The van der Waals surface area contributed by atoms with Crippen LogP contribution in [0.25, 0.3) is 0 Å². The number of amides is 3. The van der Waals surface area contributed by atoms with E-state index in [4.69, 9.17) is 0 Å². The van der Waals surface area contributed by atoms with Crippen LogP contribution < -0.4 is 10.6 Å². The minimum atomic E-state index is -0.615. The fourth-order valence-corrected chi connectivity index (χ4v) is 1.93. The normalized spacial score (nSPS) is 10.1. The van der Waals surface area contributed by atoms with E-state index in [0.29, 0.717) is 32.5 Å². The summed E-state index contributed by atoms with van der Waals surface area (Å²) in [5.41, 5.74) is 0.979. The quantitative estimate of drug-likeness (QED) is 0.421. The van der Waals surface area contributed by atoms with Gasteiger partial charge in [-0.1, -0.05) is 30.3 Å². The Bertz CT molecular complexity index is 489. The highest BCUT2D eigenvalue weighted by Gasteiger charge is 2.23. The van der Waals surface area contributed by atoms with E-state index in [-0.39, 0.29) is 6.04 Å². The molecule has 1 rings (SSSR count). The molecule has 0 aromatic heterocycles. The zero-order chi connectivity index (χ0) is 16.4. The molecule has 0 saturated carbocycles. The minimum Gasteiger partial charge on any atom is -0.359 e. The minimum absolute atomic E-state index is 0.0739. The lowest BCUT2D eigenvalue weighted by molar-refractivity contribution is -0.147. The predicted molar refractivity (Wildman–Crippen MR) is 83.8 cm³/mol. The molecule has 1 aromatic rings. The molecule has 6 nitrogen and oxygen atoms in total. The van der Waals surface area contributed by atoms with Gasteiger partial charge in [-0.05, 0) is 25.8 Å².